The largest absolute Gasteiger partial charge is 0.458 e. The first-order chi connectivity index (χ1) is 15.3. The number of hydrogen-bond acceptors (Lipinski definition) is 6. The number of nitrogens with one attached hydrogen (secondary N) is 2. The molecule has 0 aliphatic carbocycles. The Morgan fingerprint density at radius 2 is 2.06 bits per heavy atom. The highest BCUT2D eigenvalue weighted by Gasteiger charge is 2.36. The monoisotopic (exact) mass is 452 g/mol. The van der Waals surface area contributed by atoms with Crippen molar-refractivity contribution in [1.82, 2.24) is 10.3 Å². The molecule has 2 aromatic heterocycles. The van der Waals surface area contributed by atoms with E-state index in [-0.39, 0.29) is 24.1 Å². The fourth-order valence-corrected chi connectivity index (χ4v) is 4.32. The van der Waals surface area contributed by atoms with Gasteiger partial charge in [0.1, 0.15) is 11.5 Å². The molecule has 0 spiro atoms. The van der Waals surface area contributed by atoms with E-state index in [1.165, 1.54) is 18.3 Å². The molecule has 1 atom stereocenters. The standard InChI is InChI=1S/C23H24N4O4S/c1-13-5-4-6-19(14(13)2)27-11-16(9-21(27)29)22(30)26-23-25-18(12-32-23)20-8-7-17(31-20)10-24-15(3)28/h4-8,12,16H,9-11H2,1-3H3,(H,24,28)(H,25,26,30)/t16-/m0/s1. The molecule has 1 fully saturated rings. The van der Waals surface area contributed by atoms with E-state index in [0.717, 1.165) is 16.8 Å². The normalized spacial score (nSPS) is 15.8. The molecule has 1 saturated heterocycles. The summed E-state index contributed by atoms with van der Waals surface area (Å²) >= 11 is 1.29. The van der Waals surface area contributed by atoms with Crippen molar-refractivity contribution in [3.8, 4) is 11.5 Å². The van der Waals surface area contributed by atoms with Crippen LogP contribution in [0.15, 0.2) is 40.1 Å². The number of furan rings is 1. The number of benzene rings is 1. The molecule has 3 heterocycles. The van der Waals surface area contributed by atoms with E-state index in [1.54, 1.807) is 22.4 Å². The molecule has 1 aliphatic heterocycles. The van der Waals surface area contributed by atoms with E-state index in [9.17, 15) is 14.4 Å². The average Bonchev–Trinajstić information content (AvgIpc) is 3.48. The summed E-state index contributed by atoms with van der Waals surface area (Å²) in [5, 5.41) is 7.74. The lowest BCUT2D eigenvalue weighted by Gasteiger charge is -2.20. The number of carbonyl (C=O) groups excluding carboxylic acids is 3. The summed E-state index contributed by atoms with van der Waals surface area (Å²) in [7, 11) is 0. The predicted octanol–water partition coefficient (Wildman–Crippen LogP) is 3.65. The van der Waals surface area contributed by atoms with Gasteiger partial charge in [-0.25, -0.2) is 4.98 Å². The van der Waals surface area contributed by atoms with Crippen molar-refractivity contribution in [2.45, 2.75) is 33.7 Å². The Bertz CT molecular complexity index is 1180. The molecule has 2 N–H and O–H groups in total. The fraction of sp³-hybridized carbons (Fsp3) is 0.304. The van der Waals surface area contributed by atoms with Gasteiger partial charge in [-0.2, -0.15) is 0 Å². The molecule has 1 aliphatic rings. The zero-order valence-corrected chi connectivity index (χ0v) is 18.9. The zero-order valence-electron chi connectivity index (χ0n) is 18.1. The second kappa shape index (κ2) is 8.96. The van der Waals surface area contributed by atoms with E-state index in [4.69, 9.17) is 4.42 Å². The second-order valence-corrected chi connectivity index (χ2v) is 8.69. The lowest BCUT2D eigenvalue weighted by atomic mass is 10.1. The second-order valence-electron chi connectivity index (χ2n) is 7.83. The Kier molecular flexibility index (Phi) is 6.09. The highest BCUT2D eigenvalue weighted by molar-refractivity contribution is 7.14. The van der Waals surface area contributed by atoms with Gasteiger partial charge in [0.2, 0.25) is 17.7 Å². The average molecular weight is 453 g/mol. The van der Waals surface area contributed by atoms with Crippen LogP contribution in [0, 0.1) is 19.8 Å². The first-order valence-electron chi connectivity index (χ1n) is 10.3. The molecule has 4 rings (SSSR count). The highest BCUT2D eigenvalue weighted by Crippen LogP contribution is 2.31. The molecule has 8 nitrogen and oxygen atoms in total. The van der Waals surface area contributed by atoms with Crippen LogP contribution in [-0.2, 0) is 20.9 Å². The highest BCUT2D eigenvalue weighted by atomic mass is 32.1. The summed E-state index contributed by atoms with van der Waals surface area (Å²) < 4.78 is 5.70. The van der Waals surface area contributed by atoms with Crippen LogP contribution in [-0.4, -0.2) is 29.3 Å². The van der Waals surface area contributed by atoms with Gasteiger partial charge in [-0.05, 0) is 43.2 Å². The van der Waals surface area contributed by atoms with Crippen molar-refractivity contribution in [2.24, 2.45) is 5.92 Å². The van der Waals surface area contributed by atoms with Gasteiger partial charge in [-0.1, -0.05) is 12.1 Å². The van der Waals surface area contributed by atoms with E-state index >= 15 is 0 Å². The van der Waals surface area contributed by atoms with Crippen LogP contribution in [0.25, 0.3) is 11.5 Å². The smallest absolute Gasteiger partial charge is 0.231 e. The van der Waals surface area contributed by atoms with Crippen LogP contribution in [0.2, 0.25) is 0 Å². The predicted molar refractivity (Wildman–Crippen MR) is 122 cm³/mol. The number of rotatable bonds is 6. The number of carbonyl (C=O) groups is 3. The lowest BCUT2D eigenvalue weighted by Crippen LogP contribution is -2.28. The molecule has 0 radical (unpaired) electrons. The van der Waals surface area contributed by atoms with E-state index in [0.29, 0.717) is 35.4 Å². The van der Waals surface area contributed by atoms with E-state index in [1.807, 2.05) is 32.0 Å². The van der Waals surface area contributed by atoms with Crippen molar-refractivity contribution < 1.29 is 18.8 Å². The summed E-state index contributed by atoms with van der Waals surface area (Å²) in [6.45, 7) is 6.08. The third-order valence-electron chi connectivity index (χ3n) is 5.52. The number of nitrogens with zero attached hydrogens (tertiary/aromatic N) is 2. The van der Waals surface area contributed by atoms with Crippen LogP contribution in [0.4, 0.5) is 10.8 Å². The minimum absolute atomic E-state index is 0.0547. The van der Waals surface area contributed by atoms with Gasteiger partial charge in [0, 0.05) is 31.0 Å². The van der Waals surface area contributed by atoms with Crippen molar-refractivity contribution in [1.29, 1.82) is 0 Å². The van der Waals surface area contributed by atoms with Crippen LogP contribution in [0.5, 0.6) is 0 Å². The Balaban J connectivity index is 1.40. The molecule has 0 bridgehead atoms. The third-order valence-corrected chi connectivity index (χ3v) is 6.28. The SMILES string of the molecule is CC(=O)NCc1ccc(-c2csc(NC(=O)[C@H]3CC(=O)N(c4cccc(C)c4C)C3)n2)o1. The first-order valence-corrected chi connectivity index (χ1v) is 11.2. The molecular weight excluding hydrogens is 428 g/mol. The van der Waals surface area contributed by atoms with Gasteiger partial charge >= 0.3 is 0 Å². The quantitative estimate of drug-likeness (QED) is 0.594. The number of amides is 3. The van der Waals surface area contributed by atoms with Crippen molar-refractivity contribution in [3.63, 3.8) is 0 Å². The van der Waals surface area contributed by atoms with Crippen LogP contribution in [0.1, 0.15) is 30.2 Å². The van der Waals surface area contributed by atoms with Crippen molar-refractivity contribution in [3.05, 3.63) is 52.6 Å². The molecule has 9 heteroatoms. The molecular formula is C23H24N4O4S. The van der Waals surface area contributed by atoms with Crippen molar-refractivity contribution in [2.75, 3.05) is 16.8 Å². The summed E-state index contributed by atoms with van der Waals surface area (Å²) in [6, 6.07) is 9.39. The van der Waals surface area contributed by atoms with E-state index < -0.39 is 5.92 Å². The minimum atomic E-state index is -0.442. The molecule has 32 heavy (non-hydrogen) atoms. The first kappa shape index (κ1) is 21.8. The summed E-state index contributed by atoms with van der Waals surface area (Å²) in [6.07, 6.45) is 0.169. The molecule has 1 aromatic carbocycles. The molecule has 0 unspecified atom stereocenters. The number of aromatic nitrogens is 1. The van der Waals surface area contributed by atoms with Gasteiger partial charge in [-0.15, -0.1) is 11.3 Å². The maximum Gasteiger partial charge on any atom is 0.231 e. The number of anilines is 2. The summed E-state index contributed by atoms with van der Waals surface area (Å²) in [4.78, 5) is 42.5. The van der Waals surface area contributed by atoms with Crippen molar-refractivity contribution >= 4 is 39.9 Å². The minimum Gasteiger partial charge on any atom is -0.458 e. The van der Waals surface area contributed by atoms with Gasteiger partial charge < -0.3 is 20.0 Å². The maximum atomic E-state index is 12.8. The number of hydrogen-bond donors (Lipinski definition) is 2. The molecule has 0 saturated carbocycles. The Hall–Kier alpha value is -3.46. The van der Waals surface area contributed by atoms with Gasteiger partial charge in [0.05, 0.1) is 12.5 Å². The number of thiazole rings is 1. The van der Waals surface area contributed by atoms with Crippen LogP contribution in [0.3, 0.4) is 0 Å². The Morgan fingerprint density at radius 1 is 1.25 bits per heavy atom. The summed E-state index contributed by atoms with van der Waals surface area (Å²) in [5.41, 5.74) is 3.60. The zero-order chi connectivity index (χ0) is 22.8. The van der Waals surface area contributed by atoms with Gasteiger partial charge in [0.25, 0.3) is 0 Å². The third kappa shape index (κ3) is 4.57. The molecule has 3 aromatic rings. The topological polar surface area (TPSA) is 105 Å². The maximum absolute atomic E-state index is 12.8. The molecule has 3 amide bonds. The van der Waals surface area contributed by atoms with Gasteiger partial charge in [-0.3, -0.25) is 14.4 Å². The van der Waals surface area contributed by atoms with Crippen LogP contribution < -0.4 is 15.5 Å². The Labute approximate surface area is 189 Å². The lowest BCUT2D eigenvalue weighted by molar-refractivity contribution is -0.122. The van der Waals surface area contributed by atoms with Gasteiger partial charge in [0.15, 0.2) is 10.9 Å². The fourth-order valence-electron chi connectivity index (χ4n) is 3.62. The summed E-state index contributed by atoms with van der Waals surface area (Å²) in [5.74, 6) is 0.314. The van der Waals surface area contributed by atoms with E-state index in [2.05, 4.69) is 15.6 Å². The molecule has 166 valence electrons. The number of aryl methyl sites for hydroxylation is 1. The van der Waals surface area contributed by atoms with Crippen LogP contribution >= 0.6 is 11.3 Å². The Morgan fingerprint density at radius 3 is 2.84 bits per heavy atom.